The van der Waals surface area contributed by atoms with Gasteiger partial charge >= 0.3 is 0 Å². The second-order valence-electron chi connectivity index (χ2n) is 5.33. The normalized spacial score (nSPS) is 20.9. The highest BCUT2D eigenvalue weighted by Gasteiger charge is 2.36. The Morgan fingerprint density at radius 1 is 1.41 bits per heavy atom. The lowest BCUT2D eigenvalue weighted by atomic mass is 10.0. The number of hydrogen-bond donors (Lipinski definition) is 2. The molecule has 0 radical (unpaired) electrons. The van der Waals surface area contributed by atoms with Crippen molar-refractivity contribution in [2.75, 3.05) is 6.54 Å². The quantitative estimate of drug-likeness (QED) is 0.889. The van der Waals surface area contributed by atoms with Crippen LogP contribution < -0.4 is 0 Å². The first-order valence-electron chi connectivity index (χ1n) is 6.91. The Bertz CT molecular complexity index is 733. The number of carbonyl (C=O) groups is 1. The summed E-state index contributed by atoms with van der Waals surface area (Å²) in [4.78, 5) is 16.9. The number of nitriles is 1. The maximum atomic E-state index is 13.0. The molecule has 1 aliphatic heterocycles. The van der Waals surface area contributed by atoms with Crippen molar-refractivity contribution in [3.8, 4) is 6.07 Å². The van der Waals surface area contributed by atoms with E-state index in [1.807, 2.05) is 6.07 Å². The van der Waals surface area contributed by atoms with Crippen LogP contribution in [0.2, 0.25) is 0 Å². The van der Waals surface area contributed by atoms with Crippen molar-refractivity contribution in [1.82, 2.24) is 9.88 Å². The molecular weight excluding hydrogens is 285 g/mol. The minimum absolute atomic E-state index is 0.216. The number of nitrogens with one attached hydrogen (secondary N) is 1. The minimum atomic E-state index is -0.617. The predicted octanol–water partition coefficient (Wildman–Crippen LogP) is 1.97. The Morgan fingerprint density at radius 3 is 2.77 bits per heavy atom. The third-order valence-corrected chi connectivity index (χ3v) is 3.85. The molecule has 2 atom stereocenters. The third-order valence-electron chi connectivity index (χ3n) is 3.85. The lowest BCUT2D eigenvalue weighted by Gasteiger charge is -2.24. The summed E-state index contributed by atoms with van der Waals surface area (Å²) in [7, 11) is 0. The highest BCUT2D eigenvalue weighted by molar-refractivity contribution is 5.95. The monoisotopic (exact) mass is 299 g/mol. The fraction of sp³-hybridized carbons (Fsp3) is 0.250. The smallest absolute Gasteiger partial charge is 0.256 e. The number of aromatic nitrogens is 1. The van der Waals surface area contributed by atoms with Crippen molar-refractivity contribution in [2.24, 2.45) is 0 Å². The highest BCUT2D eigenvalue weighted by atomic mass is 19.1. The largest absolute Gasteiger partial charge is 0.391 e. The summed E-state index contributed by atoms with van der Waals surface area (Å²) in [6, 6.07) is 9.03. The number of aromatic amines is 1. The summed E-state index contributed by atoms with van der Waals surface area (Å²) < 4.78 is 13.0. The summed E-state index contributed by atoms with van der Waals surface area (Å²) in [5.74, 6) is -0.604. The summed E-state index contributed by atoms with van der Waals surface area (Å²) >= 11 is 0. The molecule has 0 aliphatic carbocycles. The number of β-amino-alcohol motifs (C(OH)–C–C–N with tert-alkyl or cyclic N) is 1. The number of rotatable bonds is 2. The maximum absolute atomic E-state index is 13.0. The molecule has 1 aromatic carbocycles. The molecule has 0 spiro atoms. The van der Waals surface area contributed by atoms with Crippen molar-refractivity contribution < 1.29 is 14.3 Å². The van der Waals surface area contributed by atoms with Crippen LogP contribution in [0, 0.1) is 17.1 Å². The second-order valence-corrected chi connectivity index (χ2v) is 5.33. The number of aliphatic hydroxyl groups is 1. The van der Waals surface area contributed by atoms with Crippen LogP contribution in [-0.2, 0) is 0 Å². The van der Waals surface area contributed by atoms with E-state index in [0.29, 0.717) is 17.7 Å². The van der Waals surface area contributed by atoms with Crippen LogP contribution in [0.15, 0.2) is 36.5 Å². The second kappa shape index (κ2) is 5.62. The number of amides is 1. The van der Waals surface area contributed by atoms with E-state index in [4.69, 9.17) is 5.26 Å². The standard InChI is InChI=1S/C16H14FN3O2/c17-12-3-1-10(2-4-12)15-6-14(21)9-20(15)16(22)11-5-13(7-18)19-8-11/h1-5,8,14-15,19,21H,6,9H2. The average Bonchev–Trinajstić information content (AvgIpc) is 3.14. The van der Waals surface area contributed by atoms with E-state index in [-0.39, 0.29) is 24.3 Å². The molecule has 2 N–H and O–H groups in total. The number of carbonyl (C=O) groups excluding carboxylic acids is 1. The molecule has 1 saturated heterocycles. The molecule has 5 nitrogen and oxygen atoms in total. The molecule has 2 aromatic rings. The molecular formula is C16H14FN3O2. The number of nitrogens with zero attached hydrogens (tertiary/aromatic N) is 2. The first-order valence-corrected chi connectivity index (χ1v) is 6.91. The van der Waals surface area contributed by atoms with Crippen molar-refractivity contribution in [3.05, 3.63) is 59.2 Å². The van der Waals surface area contributed by atoms with Crippen LogP contribution in [0.5, 0.6) is 0 Å². The molecule has 1 fully saturated rings. The van der Waals surface area contributed by atoms with Gasteiger partial charge in [0, 0.05) is 12.7 Å². The summed E-state index contributed by atoms with van der Waals surface area (Å²) in [5.41, 5.74) is 1.46. The van der Waals surface area contributed by atoms with Crippen LogP contribution in [0.1, 0.15) is 34.1 Å². The molecule has 6 heteroatoms. The van der Waals surface area contributed by atoms with Crippen LogP contribution in [0.4, 0.5) is 4.39 Å². The zero-order chi connectivity index (χ0) is 15.7. The number of benzene rings is 1. The highest BCUT2D eigenvalue weighted by Crippen LogP contribution is 2.33. The molecule has 1 aliphatic rings. The van der Waals surface area contributed by atoms with Crippen LogP contribution in [0.3, 0.4) is 0 Å². The van der Waals surface area contributed by atoms with Gasteiger partial charge in [-0.25, -0.2) is 4.39 Å². The maximum Gasteiger partial charge on any atom is 0.256 e. The predicted molar refractivity (Wildman–Crippen MR) is 76.3 cm³/mol. The van der Waals surface area contributed by atoms with E-state index < -0.39 is 6.10 Å². The summed E-state index contributed by atoms with van der Waals surface area (Å²) in [5, 5.41) is 18.7. The van der Waals surface area contributed by atoms with Gasteiger partial charge in [0.1, 0.15) is 17.6 Å². The topological polar surface area (TPSA) is 80.1 Å². The lowest BCUT2D eigenvalue weighted by molar-refractivity contribution is 0.0716. The van der Waals surface area contributed by atoms with Gasteiger partial charge < -0.3 is 15.0 Å². The van der Waals surface area contributed by atoms with E-state index in [2.05, 4.69) is 4.98 Å². The van der Waals surface area contributed by atoms with Gasteiger partial charge in [-0.1, -0.05) is 12.1 Å². The van der Waals surface area contributed by atoms with Crippen LogP contribution in [-0.4, -0.2) is 33.5 Å². The molecule has 2 heterocycles. The van der Waals surface area contributed by atoms with Crippen molar-refractivity contribution in [2.45, 2.75) is 18.6 Å². The van der Waals surface area contributed by atoms with E-state index in [9.17, 15) is 14.3 Å². The van der Waals surface area contributed by atoms with E-state index in [0.717, 1.165) is 5.56 Å². The number of likely N-dealkylation sites (tertiary alicyclic amines) is 1. The van der Waals surface area contributed by atoms with Crippen LogP contribution >= 0.6 is 0 Å². The van der Waals surface area contributed by atoms with Crippen LogP contribution in [0.25, 0.3) is 0 Å². The Hall–Kier alpha value is -2.65. The van der Waals surface area contributed by atoms with Crippen molar-refractivity contribution in [1.29, 1.82) is 5.26 Å². The lowest BCUT2D eigenvalue weighted by Crippen LogP contribution is -2.31. The molecule has 3 rings (SSSR count). The zero-order valence-electron chi connectivity index (χ0n) is 11.7. The molecule has 2 unspecified atom stereocenters. The Kier molecular flexibility index (Phi) is 3.65. The van der Waals surface area contributed by atoms with Gasteiger partial charge in [-0.05, 0) is 30.2 Å². The fourth-order valence-corrected chi connectivity index (χ4v) is 2.79. The SMILES string of the molecule is N#Cc1cc(C(=O)N2CC(O)CC2c2ccc(F)cc2)c[nH]1. The molecule has 0 bridgehead atoms. The Labute approximate surface area is 126 Å². The van der Waals surface area contributed by atoms with Gasteiger partial charge in [-0.2, -0.15) is 5.26 Å². The Morgan fingerprint density at radius 2 is 2.14 bits per heavy atom. The van der Waals surface area contributed by atoms with Gasteiger partial charge in [0.05, 0.1) is 17.7 Å². The van der Waals surface area contributed by atoms with Gasteiger partial charge in [-0.3, -0.25) is 4.79 Å². The minimum Gasteiger partial charge on any atom is -0.391 e. The molecule has 0 saturated carbocycles. The third kappa shape index (κ3) is 2.59. The first kappa shape index (κ1) is 14.3. The molecule has 1 amide bonds. The van der Waals surface area contributed by atoms with Gasteiger partial charge in [0.15, 0.2) is 0 Å². The number of halogens is 1. The van der Waals surface area contributed by atoms with E-state index in [1.54, 1.807) is 17.0 Å². The summed E-state index contributed by atoms with van der Waals surface area (Å²) in [6.07, 6.45) is 1.27. The number of H-pyrrole nitrogens is 1. The van der Waals surface area contributed by atoms with Gasteiger partial charge in [0.2, 0.25) is 0 Å². The van der Waals surface area contributed by atoms with E-state index in [1.165, 1.54) is 24.4 Å². The van der Waals surface area contributed by atoms with Crippen molar-refractivity contribution in [3.63, 3.8) is 0 Å². The zero-order valence-corrected chi connectivity index (χ0v) is 11.7. The molecule has 1 aromatic heterocycles. The number of aliphatic hydroxyl groups excluding tert-OH is 1. The molecule has 22 heavy (non-hydrogen) atoms. The van der Waals surface area contributed by atoms with Crippen molar-refractivity contribution >= 4 is 5.91 Å². The van der Waals surface area contributed by atoms with Gasteiger partial charge in [0.25, 0.3) is 5.91 Å². The van der Waals surface area contributed by atoms with E-state index >= 15 is 0 Å². The molecule has 112 valence electrons. The number of hydrogen-bond acceptors (Lipinski definition) is 3. The fourth-order valence-electron chi connectivity index (χ4n) is 2.79. The average molecular weight is 299 g/mol. The first-order chi connectivity index (χ1) is 10.6. The Balaban J connectivity index is 1.88. The van der Waals surface area contributed by atoms with Gasteiger partial charge in [-0.15, -0.1) is 0 Å². The summed E-state index contributed by atoms with van der Waals surface area (Å²) in [6.45, 7) is 0.216.